The third-order valence-corrected chi connectivity index (χ3v) is 4.95. The Labute approximate surface area is 149 Å². The van der Waals surface area contributed by atoms with E-state index in [1.165, 1.54) is 31.7 Å². The summed E-state index contributed by atoms with van der Waals surface area (Å²) in [5.41, 5.74) is 1.61. The molecule has 0 radical (unpaired) electrons. The van der Waals surface area contributed by atoms with Gasteiger partial charge in [0.2, 0.25) is 0 Å². The summed E-state index contributed by atoms with van der Waals surface area (Å²) in [6, 6.07) is 6.81. The first kappa shape index (κ1) is 17.5. The maximum absolute atomic E-state index is 13.1. The number of halogens is 2. The van der Waals surface area contributed by atoms with Crippen LogP contribution in [0, 0.1) is 11.2 Å². The van der Waals surface area contributed by atoms with E-state index in [0.717, 1.165) is 37.6 Å². The van der Waals surface area contributed by atoms with E-state index >= 15 is 0 Å². The van der Waals surface area contributed by atoms with Crippen LogP contribution < -0.4 is 5.32 Å². The minimum atomic E-state index is -0.164. The Balaban J connectivity index is 0.00000176. The first-order chi connectivity index (χ1) is 10.2. The van der Waals surface area contributed by atoms with Gasteiger partial charge in [0.1, 0.15) is 5.82 Å². The molecule has 1 saturated carbocycles. The van der Waals surface area contributed by atoms with Crippen LogP contribution in [-0.4, -0.2) is 37.5 Å². The lowest BCUT2D eigenvalue weighted by molar-refractivity contribution is 0.151. The normalized spacial score (nSPS) is 19.7. The van der Waals surface area contributed by atoms with Crippen LogP contribution in [0.2, 0.25) is 0 Å². The molecule has 122 valence electrons. The molecule has 3 rings (SSSR count). The van der Waals surface area contributed by atoms with E-state index in [0.29, 0.717) is 5.41 Å². The second-order valence-corrected chi connectivity index (χ2v) is 6.38. The lowest BCUT2D eigenvalue weighted by atomic mass is 9.68. The molecule has 1 heterocycles. The van der Waals surface area contributed by atoms with Gasteiger partial charge >= 0.3 is 0 Å². The second-order valence-electron chi connectivity index (χ2n) is 6.38. The van der Waals surface area contributed by atoms with E-state index in [2.05, 4.69) is 15.2 Å². The van der Waals surface area contributed by atoms with E-state index in [-0.39, 0.29) is 29.8 Å². The van der Waals surface area contributed by atoms with Crippen molar-refractivity contribution >= 4 is 29.9 Å². The van der Waals surface area contributed by atoms with Gasteiger partial charge in [-0.1, -0.05) is 18.6 Å². The summed E-state index contributed by atoms with van der Waals surface area (Å²) in [6.45, 7) is 3.05. The van der Waals surface area contributed by atoms with Crippen molar-refractivity contribution < 1.29 is 4.39 Å². The average molecular weight is 417 g/mol. The van der Waals surface area contributed by atoms with Gasteiger partial charge in [-0.25, -0.2) is 4.39 Å². The first-order valence-electron chi connectivity index (χ1n) is 7.91. The second kappa shape index (κ2) is 7.62. The lowest BCUT2D eigenvalue weighted by Crippen LogP contribution is -2.43. The summed E-state index contributed by atoms with van der Waals surface area (Å²) in [6.07, 6.45) is 6.26. The molecule has 1 saturated heterocycles. The molecule has 0 unspecified atom stereocenters. The Morgan fingerprint density at radius 3 is 2.77 bits per heavy atom. The van der Waals surface area contributed by atoms with Gasteiger partial charge in [-0.3, -0.25) is 4.99 Å². The number of benzene rings is 1. The van der Waals surface area contributed by atoms with Crippen molar-refractivity contribution in [2.45, 2.75) is 32.1 Å². The Morgan fingerprint density at radius 2 is 2.18 bits per heavy atom. The molecule has 1 N–H and O–H groups in total. The van der Waals surface area contributed by atoms with Crippen LogP contribution >= 0.6 is 24.0 Å². The number of aliphatic imine (C=N–C) groups is 1. The number of nitrogens with zero attached hydrogens (tertiary/aromatic N) is 2. The third-order valence-electron chi connectivity index (χ3n) is 4.95. The number of hydrogen-bond acceptors (Lipinski definition) is 1. The molecule has 22 heavy (non-hydrogen) atoms. The summed E-state index contributed by atoms with van der Waals surface area (Å²) in [4.78, 5) is 6.78. The number of guanidine groups is 1. The van der Waals surface area contributed by atoms with E-state index in [1.54, 1.807) is 12.1 Å². The topological polar surface area (TPSA) is 27.6 Å². The van der Waals surface area contributed by atoms with Crippen LogP contribution in [0.3, 0.4) is 0 Å². The van der Waals surface area contributed by atoms with Crippen molar-refractivity contribution in [1.29, 1.82) is 0 Å². The fourth-order valence-corrected chi connectivity index (χ4v) is 3.54. The molecule has 0 amide bonds. The maximum Gasteiger partial charge on any atom is 0.193 e. The molecule has 0 atom stereocenters. The molecule has 1 aromatic carbocycles. The summed E-state index contributed by atoms with van der Waals surface area (Å²) in [7, 11) is 1.84. The predicted molar refractivity (Wildman–Crippen MR) is 99.4 cm³/mol. The fraction of sp³-hybridized carbons (Fsp3) is 0.588. The van der Waals surface area contributed by atoms with Crippen molar-refractivity contribution in [2.24, 2.45) is 10.4 Å². The Morgan fingerprint density at radius 1 is 1.36 bits per heavy atom. The van der Waals surface area contributed by atoms with E-state index in [9.17, 15) is 4.39 Å². The number of nitrogens with one attached hydrogen (secondary N) is 1. The van der Waals surface area contributed by atoms with Gasteiger partial charge in [-0.2, -0.15) is 0 Å². The van der Waals surface area contributed by atoms with Crippen LogP contribution in [0.1, 0.15) is 31.2 Å². The first-order valence-corrected chi connectivity index (χ1v) is 7.91. The Kier molecular flexibility index (Phi) is 6.06. The third kappa shape index (κ3) is 3.91. The zero-order valence-corrected chi connectivity index (χ0v) is 15.5. The molecule has 0 aromatic heterocycles. The predicted octanol–water partition coefficient (Wildman–Crippen LogP) is 3.44. The van der Waals surface area contributed by atoms with Crippen LogP contribution in [0.15, 0.2) is 29.3 Å². The molecule has 3 nitrogen and oxygen atoms in total. The van der Waals surface area contributed by atoms with Gasteiger partial charge in [0.15, 0.2) is 5.96 Å². The van der Waals surface area contributed by atoms with Gasteiger partial charge in [0.05, 0.1) is 0 Å². The molecule has 1 aliphatic heterocycles. The monoisotopic (exact) mass is 417 g/mol. The molecule has 2 fully saturated rings. The number of hydrogen-bond donors (Lipinski definition) is 1. The molecule has 1 aromatic rings. The highest BCUT2D eigenvalue weighted by Crippen LogP contribution is 2.47. The SMILES string of the molecule is CN=C(NCCc1cccc(F)c1)N1CCC2(CCC2)C1.I. The summed E-state index contributed by atoms with van der Waals surface area (Å²) < 4.78 is 13.1. The Bertz CT molecular complexity index is 528. The highest BCUT2D eigenvalue weighted by atomic mass is 127. The molecule has 2 aliphatic rings. The minimum absolute atomic E-state index is 0. The van der Waals surface area contributed by atoms with Crippen LogP contribution in [0.25, 0.3) is 0 Å². The molecular weight excluding hydrogens is 392 g/mol. The van der Waals surface area contributed by atoms with Gasteiger partial charge in [0, 0.05) is 26.7 Å². The maximum atomic E-state index is 13.1. The highest BCUT2D eigenvalue weighted by Gasteiger charge is 2.43. The summed E-state index contributed by atoms with van der Waals surface area (Å²) >= 11 is 0. The van der Waals surface area contributed by atoms with Crippen molar-refractivity contribution in [2.75, 3.05) is 26.7 Å². The van der Waals surface area contributed by atoms with Crippen molar-refractivity contribution in [1.82, 2.24) is 10.2 Å². The zero-order chi connectivity index (χ0) is 14.7. The minimum Gasteiger partial charge on any atom is -0.356 e. The number of likely N-dealkylation sites (tertiary alicyclic amines) is 1. The largest absolute Gasteiger partial charge is 0.356 e. The molecule has 5 heteroatoms. The quantitative estimate of drug-likeness (QED) is 0.464. The van der Waals surface area contributed by atoms with E-state index in [1.807, 2.05) is 13.1 Å². The lowest BCUT2D eigenvalue weighted by Gasteiger charge is -2.38. The Hall–Kier alpha value is -0.850. The average Bonchev–Trinajstić information content (AvgIpc) is 2.89. The smallest absolute Gasteiger partial charge is 0.193 e. The molecule has 1 spiro atoms. The van der Waals surface area contributed by atoms with E-state index < -0.39 is 0 Å². The van der Waals surface area contributed by atoms with Gasteiger partial charge in [-0.15, -0.1) is 24.0 Å². The van der Waals surface area contributed by atoms with Gasteiger partial charge < -0.3 is 10.2 Å². The van der Waals surface area contributed by atoms with Crippen LogP contribution in [-0.2, 0) is 6.42 Å². The van der Waals surface area contributed by atoms with Crippen molar-refractivity contribution in [3.63, 3.8) is 0 Å². The highest BCUT2D eigenvalue weighted by molar-refractivity contribution is 14.0. The molecule has 1 aliphatic carbocycles. The van der Waals surface area contributed by atoms with Crippen LogP contribution in [0.4, 0.5) is 4.39 Å². The fourth-order valence-electron chi connectivity index (χ4n) is 3.54. The van der Waals surface area contributed by atoms with Crippen molar-refractivity contribution in [3.8, 4) is 0 Å². The summed E-state index contributed by atoms with van der Waals surface area (Å²) in [5, 5.41) is 3.42. The molecular formula is C17H25FIN3. The van der Waals surface area contributed by atoms with E-state index in [4.69, 9.17) is 0 Å². The summed E-state index contributed by atoms with van der Waals surface area (Å²) in [5.74, 6) is 0.832. The molecule has 0 bridgehead atoms. The zero-order valence-electron chi connectivity index (χ0n) is 13.1. The van der Waals surface area contributed by atoms with Gasteiger partial charge in [0.25, 0.3) is 0 Å². The standard InChI is InChI=1S/C17H24FN3.HI/c1-19-16(21-11-9-17(13-21)7-3-8-17)20-10-6-14-4-2-5-15(18)12-14;/h2,4-5,12H,3,6-11,13H2,1H3,(H,19,20);1H. The van der Waals surface area contributed by atoms with Crippen molar-refractivity contribution in [3.05, 3.63) is 35.6 Å². The van der Waals surface area contributed by atoms with Crippen LogP contribution in [0.5, 0.6) is 0 Å². The van der Waals surface area contributed by atoms with Gasteiger partial charge in [-0.05, 0) is 48.8 Å². The number of rotatable bonds is 3.